The summed E-state index contributed by atoms with van der Waals surface area (Å²) in [6, 6.07) is 0.690. The predicted molar refractivity (Wildman–Crippen MR) is 136 cm³/mol. The maximum Gasteiger partial charge on any atom is 0.501 e. The van der Waals surface area contributed by atoms with Gasteiger partial charge >= 0.3 is 14.8 Å². The molecule has 0 aliphatic rings. The molecule has 0 aromatic carbocycles. The molecule has 32 heavy (non-hydrogen) atoms. The van der Waals surface area contributed by atoms with Crippen molar-refractivity contribution in [1.29, 1.82) is 0 Å². The van der Waals surface area contributed by atoms with Crippen molar-refractivity contribution in [2.24, 2.45) is 0 Å². The molecule has 5 nitrogen and oxygen atoms in total. The second-order valence-corrected chi connectivity index (χ2v) is 11.3. The molecule has 0 N–H and O–H groups in total. The molecule has 0 amide bonds. The monoisotopic (exact) mass is 472 g/mol. The molecule has 0 saturated heterocycles. The number of rotatable bonds is 25. The highest BCUT2D eigenvalue weighted by molar-refractivity contribution is 6.60. The zero-order valence-electron chi connectivity index (χ0n) is 21.5. The van der Waals surface area contributed by atoms with Crippen molar-refractivity contribution < 1.29 is 22.8 Å². The number of hydrogen-bond acceptors (Lipinski definition) is 5. The van der Waals surface area contributed by atoms with Gasteiger partial charge in [-0.15, -0.1) is 0 Å². The summed E-state index contributed by atoms with van der Waals surface area (Å²) in [6.45, 7) is 12.5. The van der Waals surface area contributed by atoms with Gasteiger partial charge in [0.25, 0.3) is 0 Å². The summed E-state index contributed by atoms with van der Waals surface area (Å²) in [5.74, 6) is -0.383. The molecule has 0 unspecified atom stereocenters. The molecule has 0 spiro atoms. The van der Waals surface area contributed by atoms with Gasteiger partial charge < -0.3 is 18.0 Å². The van der Waals surface area contributed by atoms with Crippen LogP contribution >= 0.6 is 0 Å². The van der Waals surface area contributed by atoms with Crippen LogP contribution in [-0.4, -0.2) is 41.2 Å². The van der Waals surface area contributed by atoms with E-state index in [1.165, 1.54) is 76.7 Å². The van der Waals surface area contributed by atoms with E-state index in [2.05, 4.69) is 27.4 Å². The normalized spacial score (nSPS) is 11.6. The predicted octanol–water partition coefficient (Wildman–Crippen LogP) is 7.62. The van der Waals surface area contributed by atoms with E-state index in [4.69, 9.17) is 18.0 Å². The van der Waals surface area contributed by atoms with Gasteiger partial charge in [-0.25, -0.2) is 4.79 Å². The third-order valence-electron chi connectivity index (χ3n) is 5.50. The summed E-state index contributed by atoms with van der Waals surface area (Å²) >= 11 is 0. The summed E-state index contributed by atoms with van der Waals surface area (Å²) in [6.07, 6.45) is 18.5. The molecule has 0 aliphatic heterocycles. The maximum absolute atomic E-state index is 11.4. The molecule has 0 aliphatic carbocycles. The SMILES string of the molecule is C=CC(=O)OCCC[Si](OCCCCCC)(OCCCCCCC)OCCCCCCC. The lowest BCUT2D eigenvalue weighted by Gasteiger charge is -2.30. The highest BCUT2D eigenvalue weighted by Gasteiger charge is 2.40. The molecule has 6 heteroatoms. The van der Waals surface area contributed by atoms with E-state index in [0.29, 0.717) is 38.9 Å². The Balaban J connectivity index is 4.82. The van der Waals surface area contributed by atoms with Gasteiger partial charge in [0.2, 0.25) is 0 Å². The Morgan fingerprint density at radius 3 is 1.44 bits per heavy atom. The molecule has 0 rings (SSSR count). The second-order valence-electron chi connectivity index (χ2n) is 8.59. The Hall–Kier alpha value is -0.693. The fourth-order valence-corrected chi connectivity index (χ4v) is 6.11. The van der Waals surface area contributed by atoms with Gasteiger partial charge in [0.15, 0.2) is 0 Å². The van der Waals surface area contributed by atoms with E-state index in [9.17, 15) is 4.79 Å². The molecule has 0 saturated carbocycles. The Labute approximate surface area is 200 Å². The Bertz CT molecular complexity index is 414. The molecular weight excluding hydrogens is 420 g/mol. The van der Waals surface area contributed by atoms with Crippen LogP contribution in [0.25, 0.3) is 0 Å². The van der Waals surface area contributed by atoms with Crippen LogP contribution in [0.1, 0.15) is 117 Å². The fourth-order valence-electron chi connectivity index (χ4n) is 3.48. The second kappa shape index (κ2) is 23.5. The maximum atomic E-state index is 11.4. The lowest BCUT2D eigenvalue weighted by atomic mass is 10.2. The molecule has 0 aromatic rings. The van der Waals surface area contributed by atoms with Crippen LogP contribution in [0, 0.1) is 0 Å². The summed E-state index contributed by atoms with van der Waals surface area (Å²) in [5.41, 5.74) is 0. The Morgan fingerprint density at radius 1 is 0.625 bits per heavy atom. The smallest absolute Gasteiger partial charge is 0.463 e. The van der Waals surface area contributed by atoms with E-state index in [1.54, 1.807) is 0 Å². The van der Waals surface area contributed by atoms with Crippen molar-refractivity contribution in [3.05, 3.63) is 12.7 Å². The number of esters is 1. The molecular formula is C26H52O5Si. The molecule has 0 fully saturated rings. The van der Waals surface area contributed by atoms with Crippen molar-refractivity contribution in [3.8, 4) is 0 Å². The number of carbonyl (C=O) groups excluding carboxylic acids is 1. The van der Waals surface area contributed by atoms with Crippen LogP contribution < -0.4 is 0 Å². The summed E-state index contributed by atoms with van der Waals surface area (Å²) < 4.78 is 24.4. The minimum Gasteiger partial charge on any atom is -0.463 e. The Kier molecular flexibility index (Phi) is 23.0. The molecule has 0 heterocycles. The number of unbranched alkanes of at least 4 members (excludes halogenated alkanes) is 11. The van der Waals surface area contributed by atoms with Crippen molar-refractivity contribution >= 4 is 14.8 Å². The van der Waals surface area contributed by atoms with Gasteiger partial charge in [0.1, 0.15) is 0 Å². The minimum atomic E-state index is -2.79. The van der Waals surface area contributed by atoms with Crippen LogP contribution in [-0.2, 0) is 22.8 Å². The quantitative estimate of drug-likeness (QED) is 0.0592. The number of carbonyl (C=O) groups is 1. The van der Waals surface area contributed by atoms with Crippen LogP contribution in [0.5, 0.6) is 0 Å². The zero-order valence-corrected chi connectivity index (χ0v) is 22.5. The lowest BCUT2D eigenvalue weighted by molar-refractivity contribution is -0.137. The largest absolute Gasteiger partial charge is 0.501 e. The first-order chi connectivity index (χ1) is 15.6. The number of ether oxygens (including phenoxy) is 1. The van der Waals surface area contributed by atoms with Crippen LogP contribution in [0.15, 0.2) is 12.7 Å². The van der Waals surface area contributed by atoms with Gasteiger partial charge in [-0.1, -0.05) is 98.0 Å². The zero-order chi connectivity index (χ0) is 23.8. The van der Waals surface area contributed by atoms with Crippen molar-refractivity contribution in [3.63, 3.8) is 0 Å². The highest BCUT2D eigenvalue weighted by Crippen LogP contribution is 2.21. The fraction of sp³-hybridized carbons (Fsp3) is 0.885. The van der Waals surface area contributed by atoms with E-state index in [0.717, 1.165) is 19.3 Å². The molecule has 0 radical (unpaired) electrons. The summed E-state index contributed by atoms with van der Waals surface area (Å²) in [7, 11) is -2.79. The molecule has 0 atom stereocenters. The first kappa shape index (κ1) is 31.3. The first-order valence-corrected chi connectivity index (χ1v) is 15.3. The average molecular weight is 473 g/mol. The van der Waals surface area contributed by atoms with Crippen molar-refractivity contribution in [1.82, 2.24) is 0 Å². The van der Waals surface area contributed by atoms with E-state index in [1.807, 2.05) is 0 Å². The van der Waals surface area contributed by atoms with Gasteiger partial charge in [-0.3, -0.25) is 0 Å². The van der Waals surface area contributed by atoms with Gasteiger partial charge in [0.05, 0.1) is 6.61 Å². The van der Waals surface area contributed by atoms with E-state index in [-0.39, 0.29) is 5.97 Å². The first-order valence-electron chi connectivity index (χ1n) is 13.3. The summed E-state index contributed by atoms with van der Waals surface area (Å²) in [4.78, 5) is 11.4. The third-order valence-corrected chi connectivity index (χ3v) is 8.40. The third kappa shape index (κ3) is 18.8. The topological polar surface area (TPSA) is 54.0 Å². The van der Waals surface area contributed by atoms with Crippen LogP contribution in [0.2, 0.25) is 6.04 Å². The Morgan fingerprint density at radius 2 is 1.03 bits per heavy atom. The van der Waals surface area contributed by atoms with Crippen molar-refractivity contribution in [2.45, 2.75) is 123 Å². The number of hydrogen-bond donors (Lipinski definition) is 0. The lowest BCUT2D eigenvalue weighted by Crippen LogP contribution is -2.47. The molecule has 190 valence electrons. The van der Waals surface area contributed by atoms with Gasteiger partial charge in [0, 0.05) is 31.9 Å². The summed E-state index contributed by atoms with van der Waals surface area (Å²) in [5, 5.41) is 0. The van der Waals surface area contributed by atoms with Crippen molar-refractivity contribution in [2.75, 3.05) is 26.4 Å². The van der Waals surface area contributed by atoms with Crippen LogP contribution in [0.3, 0.4) is 0 Å². The molecule has 0 bridgehead atoms. The van der Waals surface area contributed by atoms with Crippen LogP contribution in [0.4, 0.5) is 0 Å². The van der Waals surface area contributed by atoms with Gasteiger partial charge in [-0.2, -0.15) is 0 Å². The minimum absolute atomic E-state index is 0.346. The standard InChI is InChI=1S/C26H52O5Si/c1-5-9-12-15-18-23-30-32(29-22-17-14-11-7-3,25-20-21-28-26(27)8-4)31-24-19-16-13-10-6-2/h8H,4-7,9-25H2,1-3H3. The van der Waals surface area contributed by atoms with E-state index >= 15 is 0 Å². The molecule has 0 aromatic heterocycles. The van der Waals surface area contributed by atoms with Gasteiger partial charge in [-0.05, 0) is 25.7 Å². The van der Waals surface area contributed by atoms with E-state index < -0.39 is 8.80 Å². The average Bonchev–Trinajstić information content (AvgIpc) is 2.80. The highest BCUT2D eigenvalue weighted by atomic mass is 28.4.